The molecule has 2 amide bonds. The van der Waals surface area contributed by atoms with Crippen LogP contribution in [0.4, 0.5) is 5.69 Å². The zero-order valence-electron chi connectivity index (χ0n) is 18.1. The number of nitrogens with zero attached hydrogens (tertiary/aromatic N) is 3. The first-order chi connectivity index (χ1) is 15.9. The van der Waals surface area contributed by atoms with Gasteiger partial charge in [-0.25, -0.2) is 0 Å². The highest BCUT2D eigenvalue weighted by Gasteiger charge is 2.78. The molecule has 0 bridgehead atoms. The highest BCUT2D eigenvalue weighted by molar-refractivity contribution is 8.25. The molecule has 0 saturated carbocycles. The smallest absolute Gasteiger partial charge is 0.254 e. The molecule has 6 nitrogen and oxygen atoms in total. The van der Waals surface area contributed by atoms with Gasteiger partial charge in [0.25, 0.3) is 5.91 Å². The SMILES string of the molecule is CN1C(=O)[C@@]2(c3ccccc31)N(C)C[C@@H](c1cccs1)[C@]21SC(=S)N(Cc2ccco2)C1=O. The third-order valence-corrected chi connectivity index (χ3v) is 10.1. The lowest BCUT2D eigenvalue weighted by Gasteiger charge is -2.42. The average molecular weight is 496 g/mol. The summed E-state index contributed by atoms with van der Waals surface area (Å²) in [6, 6.07) is 15.5. The molecule has 2 aromatic heterocycles. The summed E-state index contributed by atoms with van der Waals surface area (Å²) in [6.45, 7) is 0.826. The molecule has 3 aliphatic rings. The molecule has 1 aromatic carbocycles. The molecule has 2 fully saturated rings. The van der Waals surface area contributed by atoms with Crippen molar-refractivity contribution in [2.24, 2.45) is 0 Å². The molecule has 0 aliphatic carbocycles. The zero-order chi connectivity index (χ0) is 23.0. The minimum atomic E-state index is -1.16. The molecule has 0 N–H and O–H groups in total. The summed E-state index contributed by atoms with van der Waals surface area (Å²) in [7, 11) is 3.74. The second-order valence-corrected chi connectivity index (χ2v) is 11.5. The van der Waals surface area contributed by atoms with Gasteiger partial charge < -0.3 is 9.32 Å². The van der Waals surface area contributed by atoms with E-state index in [-0.39, 0.29) is 24.3 Å². The van der Waals surface area contributed by atoms with E-state index in [2.05, 4.69) is 11.0 Å². The van der Waals surface area contributed by atoms with Gasteiger partial charge in [0.15, 0.2) is 5.54 Å². The summed E-state index contributed by atoms with van der Waals surface area (Å²) < 4.78 is 4.89. The largest absolute Gasteiger partial charge is 0.467 e. The number of rotatable bonds is 3. The van der Waals surface area contributed by atoms with Crippen molar-refractivity contribution in [3.8, 4) is 0 Å². The van der Waals surface area contributed by atoms with Gasteiger partial charge in [0.05, 0.1) is 12.8 Å². The van der Waals surface area contributed by atoms with Gasteiger partial charge in [0, 0.05) is 35.6 Å². The molecule has 2 spiro atoms. The van der Waals surface area contributed by atoms with Crippen LogP contribution in [0.25, 0.3) is 0 Å². The standard InChI is InChI=1S/C24H21N3O3S3/c1-25-14-17(19-10-6-12-32-19)24(21(29)27(22(31)33-24)13-15-7-5-11-30-15)23(25)16-8-3-4-9-18(16)26(2)20(23)28/h3-12,17H,13-14H2,1-2H3/t17-,23+,24+/m0/s1. The molecule has 168 valence electrons. The lowest BCUT2D eigenvalue weighted by molar-refractivity contribution is -0.139. The van der Waals surface area contributed by atoms with Crippen molar-refractivity contribution in [2.75, 3.05) is 25.5 Å². The number of thiocarbonyl (C=S) groups is 1. The van der Waals surface area contributed by atoms with Crippen LogP contribution in [0.15, 0.2) is 64.6 Å². The van der Waals surface area contributed by atoms with E-state index in [1.165, 1.54) is 11.8 Å². The van der Waals surface area contributed by atoms with Gasteiger partial charge in [-0.3, -0.25) is 19.4 Å². The first-order valence-electron chi connectivity index (χ1n) is 10.6. The van der Waals surface area contributed by atoms with E-state index in [0.29, 0.717) is 16.6 Å². The molecule has 9 heteroatoms. The second-order valence-electron chi connectivity index (χ2n) is 8.61. The van der Waals surface area contributed by atoms with Crippen molar-refractivity contribution in [2.45, 2.75) is 22.7 Å². The zero-order valence-corrected chi connectivity index (χ0v) is 20.5. The number of anilines is 1. The summed E-state index contributed by atoms with van der Waals surface area (Å²) in [5.41, 5.74) is 0.545. The van der Waals surface area contributed by atoms with Crippen LogP contribution < -0.4 is 4.90 Å². The maximum atomic E-state index is 14.5. The fourth-order valence-electron chi connectivity index (χ4n) is 5.79. The molecule has 0 radical (unpaired) electrons. The Morgan fingerprint density at radius 3 is 2.64 bits per heavy atom. The predicted octanol–water partition coefficient (Wildman–Crippen LogP) is 4.04. The average Bonchev–Trinajstić information content (AvgIpc) is 3.62. The van der Waals surface area contributed by atoms with Gasteiger partial charge in [-0.15, -0.1) is 11.3 Å². The summed E-state index contributed by atoms with van der Waals surface area (Å²) in [6.07, 6.45) is 1.59. The molecule has 2 saturated heterocycles. The van der Waals surface area contributed by atoms with Crippen molar-refractivity contribution < 1.29 is 14.0 Å². The second kappa shape index (κ2) is 7.27. The van der Waals surface area contributed by atoms with Gasteiger partial charge in [0.2, 0.25) is 5.91 Å². The van der Waals surface area contributed by atoms with Gasteiger partial charge >= 0.3 is 0 Å². The van der Waals surface area contributed by atoms with Crippen molar-refractivity contribution in [3.05, 3.63) is 76.4 Å². The summed E-state index contributed by atoms with van der Waals surface area (Å²) in [4.78, 5) is 35.2. The summed E-state index contributed by atoms with van der Waals surface area (Å²) in [5.74, 6) is 0.249. The van der Waals surface area contributed by atoms with Crippen molar-refractivity contribution >= 4 is 57.1 Å². The van der Waals surface area contributed by atoms with Crippen LogP contribution in [0.5, 0.6) is 0 Å². The Kier molecular flexibility index (Phi) is 4.65. The topological polar surface area (TPSA) is 57.0 Å². The number of furan rings is 1. The first-order valence-corrected chi connectivity index (χ1v) is 12.7. The Hall–Kier alpha value is -2.46. The van der Waals surface area contributed by atoms with Gasteiger partial charge in [-0.2, -0.15) is 0 Å². The third kappa shape index (κ3) is 2.51. The number of carbonyl (C=O) groups excluding carboxylic acids is 2. The third-order valence-electron chi connectivity index (χ3n) is 7.14. The number of hydrogen-bond acceptors (Lipinski definition) is 7. The van der Waals surface area contributed by atoms with Crippen LogP contribution in [0.1, 0.15) is 22.1 Å². The maximum absolute atomic E-state index is 14.5. The molecular weight excluding hydrogens is 474 g/mol. The number of thiophene rings is 1. The van der Waals surface area contributed by atoms with Gasteiger partial charge in [0.1, 0.15) is 14.8 Å². The van der Waals surface area contributed by atoms with Crippen LogP contribution in [0.3, 0.4) is 0 Å². The van der Waals surface area contributed by atoms with E-state index in [1.807, 2.05) is 48.8 Å². The van der Waals surface area contributed by atoms with E-state index in [4.69, 9.17) is 16.6 Å². The molecule has 6 rings (SSSR count). The van der Waals surface area contributed by atoms with Gasteiger partial charge in [-0.1, -0.05) is 48.2 Å². The fraction of sp³-hybridized carbons (Fsp3) is 0.292. The van der Waals surface area contributed by atoms with Crippen LogP contribution in [-0.4, -0.2) is 51.3 Å². The highest BCUT2D eigenvalue weighted by atomic mass is 32.2. The van der Waals surface area contributed by atoms with E-state index in [9.17, 15) is 9.59 Å². The minimum Gasteiger partial charge on any atom is -0.467 e. The monoisotopic (exact) mass is 495 g/mol. The van der Waals surface area contributed by atoms with Crippen LogP contribution in [0, 0.1) is 0 Å². The Balaban J connectivity index is 1.60. The number of likely N-dealkylation sites (tertiary alicyclic amines) is 1. The number of likely N-dealkylation sites (N-methyl/N-ethyl adjacent to an activating group) is 2. The Bertz CT molecular complexity index is 1280. The van der Waals surface area contributed by atoms with E-state index >= 15 is 0 Å². The number of para-hydroxylation sites is 1. The molecule has 0 unspecified atom stereocenters. The predicted molar refractivity (Wildman–Crippen MR) is 133 cm³/mol. The number of amides is 2. The first kappa shape index (κ1) is 21.1. The van der Waals surface area contributed by atoms with E-state index in [0.717, 1.165) is 16.1 Å². The number of carbonyl (C=O) groups is 2. The Morgan fingerprint density at radius 1 is 1.09 bits per heavy atom. The fourth-order valence-corrected chi connectivity index (χ4v) is 8.86. The quantitative estimate of drug-likeness (QED) is 0.511. The number of fused-ring (bicyclic) bond motifs is 3. The number of hydrogen-bond donors (Lipinski definition) is 0. The van der Waals surface area contributed by atoms with Gasteiger partial charge in [-0.05, 0) is 36.7 Å². The Morgan fingerprint density at radius 2 is 1.91 bits per heavy atom. The van der Waals surface area contributed by atoms with Crippen molar-refractivity contribution in [3.63, 3.8) is 0 Å². The van der Waals surface area contributed by atoms with Crippen LogP contribution >= 0.6 is 35.3 Å². The molecule has 3 aliphatic heterocycles. The molecule has 5 heterocycles. The Labute approximate surface area is 205 Å². The molecular formula is C24H21N3O3S3. The lowest BCUT2D eigenvalue weighted by atomic mass is 9.73. The molecule has 3 atom stereocenters. The van der Waals surface area contributed by atoms with Crippen LogP contribution in [-0.2, 0) is 21.7 Å². The molecule has 3 aromatic rings. The normalized spacial score (nSPS) is 29.3. The van der Waals surface area contributed by atoms with Crippen LogP contribution in [0.2, 0.25) is 0 Å². The number of thioether (sulfide) groups is 1. The molecule has 33 heavy (non-hydrogen) atoms. The van der Waals surface area contributed by atoms with Crippen molar-refractivity contribution in [1.29, 1.82) is 0 Å². The minimum absolute atomic E-state index is 0.0891. The maximum Gasteiger partial charge on any atom is 0.254 e. The summed E-state index contributed by atoms with van der Waals surface area (Å²) in [5, 5.41) is 2.02. The lowest BCUT2D eigenvalue weighted by Crippen LogP contribution is -2.62. The summed E-state index contributed by atoms with van der Waals surface area (Å²) >= 11 is 8.79. The van der Waals surface area contributed by atoms with Crippen molar-refractivity contribution in [1.82, 2.24) is 9.80 Å². The van der Waals surface area contributed by atoms with E-state index in [1.54, 1.807) is 40.5 Å². The highest BCUT2D eigenvalue weighted by Crippen LogP contribution is 2.66. The van der Waals surface area contributed by atoms with E-state index < -0.39 is 10.3 Å². The number of benzene rings is 1.